The molecule has 2 nitrogen and oxygen atoms in total. The number of unbranched alkanes of at least 4 members (excludes halogenated alkanes) is 2. The predicted molar refractivity (Wildman–Crippen MR) is 101 cm³/mol. The number of allylic oxidation sites excluding steroid dienone is 5. The third kappa shape index (κ3) is 15.4. The summed E-state index contributed by atoms with van der Waals surface area (Å²) in [5.74, 6) is -0.0717. The molecule has 0 spiro atoms. The lowest BCUT2D eigenvalue weighted by Crippen LogP contribution is -2.04. The highest BCUT2D eigenvalue weighted by Gasteiger charge is 2.00. The number of hydrogen-bond acceptors (Lipinski definition) is 2. The molecule has 0 rings (SSSR count). The van der Waals surface area contributed by atoms with Gasteiger partial charge in [0.05, 0.1) is 0 Å². The molecule has 132 valence electrons. The highest BCUT2D eigenvalue weighted by Crippen LogP contribution is 2.11. The van der Waals surface area contributed by atoms with Crippen molar-refractivity contribution in [1.29, 1.82) is 0 Å². The largest absolute Gasteiger partial charge is 0.461 e. The van der Waals surface area contributed by atoms with Crippen molar-refractivity contribution in [2.75, 3.05) is 6.61 Å². The van der Waals surface area contributed by atoms with Gasteiger partial charge >= 0.3 is 5.97 Å². The van der Waals surface area contributed by atoms with Crippen LogP contribution in [0.25, 0.3) is 0 Å². The molecule has 0 N–H and O–H groups in total. The predicted octanol–water partition coefficient (Wildman–Crippen LogP) is 6.53. The fourth-order valence-corrected chi connectivity index (χ4v) is 2.21. The molecule has 0 saturated heterocycles. The molecule has 0 fully saturated rings. The van der Waals surface area contributed by atoms with Crippen LogP contribution in [0, 0.1) is 0 Å². The van der Waals surface area contributed by atoms with E-state index < -0.39 is 0 Å². The maximum atomic E-state index is 11.5. The Morgan fingerprint density at radius 1 is 0.826 bits per heavy atom. The van der Waals surface area contributed by atoms with Gasteiger partial charge in [0, 0.05) is 6.42 Å². The van der Waals surface area contributed by atoms with E-state index in [0.29, 0.717) is 13.0 Å². The van der Waals surface area contributed by atoms with Crippen molar-refractivity contribution in [3.8, 4) is 0 Å². The summed E-state index contributed by atoms with van der Waals surface area (Å²) in [5.41, 5.74) is 4.14. The second-order valence-electron chi connectivity index (χ2n) is 6.60. The lowest BCUT2D eigenvalue weighted by molar-refractivity contribution is -0.142. The molecule has 0 aliphatic carbocycles. The van der Waals surface area contributed by atoms with Crippen molar-refractivity contribution < 1.29 is 9.53 Å². The number of hydrogen-bond donors (Lipinski definition) is 0. The molecular weight excluding hydrogens is 284 g/mol. The number of rotatable bonds is 12. The molecule has 2 heteroatoms. The van der Waals surface area contributed by atoms with E-state index in [1.807, 2.05) is 6.08 Å². The summed E-state index contributed by atoms with van der Waals surface area (Å²) in [6, 6.07) is 0. The average molecular weight is 321 g/mol. The van der Waals surface area contributed by atoms with Gasteiger partial charge < -0.3 is 4.74 Å². The van der Waals surface area contributed by atoms with E-state index in [0.717, 1.165) is 44.9 Å². The first-order valence-corrected chi connectivity index (χ1v) is 9.06. The molecule has 0 bridgehead atoms. The fraction of sp³-hybridized carbons (Fsp3) is 0.667. The normalized spacial score (nSPS) is 12.2. The van der Waals surface area contributed by atoms with E-state index in [4.69, 9.17) is 4.74 Å². The number of ether oxygens (including phenoxy) is 1. The molecule has 0 aromatic carbocycles. The molecule has 0 aromatic heterocycles. The van der Waals surface area contributed by atoms with Gasteiger partial charge in [-0.1, -0.05) is 48.6 Å². The first kappa shape index (κ1) is 21.7. The van der Waals surface area contributed by atoms with Crippen LogP contribution >= 0.6 is 0 Å². The SMILES string of the molecule is CCCCCC(=O)OCC=C(C)CCC=C(C)CCC=C(C)C. The van der Waals surface area contributed by atoms with Crippen LogP contribution < -0.4 is 0 Å². The highest BCUT2D eigenvalue weighted by atomic mass is 16.5. The van der Waals surface area contributed by atoms with Crippen molar-refractivity contribution in [1.82, 2.24) is 0 Å². The van der Waals surface area contributed by atoms with Crippen LogP contribution in [0.15, 0.2) is 34.9 Å². The standard InChI is InChI=1S/C21H36O2/c1-6-7-8-15-21(22)23-17-16-20(5)14-10-13-19(4)12-9-11-18(2)3/h11,13,16H,6-10,12,14-15,17H2,1-5H3. The lowest BCUT2D eigenvalue weighted by Gasteiger charge is -2.04. The Kier molecular flexibility index (Phi) is 13.5. The van der Waals surface area contributed by atoms with Gasteiger partial charge in [0.15, 0.2) is 0 Å². The zero-order chi connectivity index (χ0) is 17.5. The molecule has 0 aliphatic heterocycles. The van der Waals surface area contributed by atoms with Crippen molar-refractivity contribution in [3.05, 3.63) is 34.9 Å². The summed E-state index contributed by atoms with van der Waals surface area (Å²) in [4.78, 5) is 11.5. The van der Waals surface area contributed by atoms with Gasteiger partial charge in [0.1, 0.15) is 6.61 Å². The summed E-state index contributed by atoms with van der Waals surface area (Å²) in [7, 11) is 0. The number of carbonyl (C=O) groups excluding carboxylic acids is 1. The Balaban J connectivity index is 3.85. The van der Waals surface area contributed by atoms with Crippen molar-refractivity contribution in [3.63, 3.8) is 0 Å². The summed E-state index contributed by atoms with van der Waals surface area (Å²) in [6.45, 7) is 11.1. The highest BCUT2D eigenvalue weighted by molar-refractivity contribution is 5.69. The first-order chi connectivity index (χ1) is 11.0. The average Bonchev–Trinajstić information content (AvgIpc) is 2.47. The van der Waals surface area contributed by atoms with E-state index >= 15 is 0 Å². The fourth-order valence-electron chi connectivity index (χ4n) is 2.21. The second kappa shape index (κ2) is 14.3. The summed E-state index contributed by atoms with van der Waals surface area (Å²) in [5, 5.41) is 0. The summed E-state index contributed by atoms with van der Waals surface area (Å²) in [6.07, 6.45) is 14.7. The molecule has 0 saturated carbocycles. The zero-order valence-electron chi connectivity index (χ0n) is 15.9. The van der Waals surface area contributed by atoms with Gasteiger partial charge in [-0.3, -0.25) is 4.79 Å². The number of carbonyl (C=O) groups is 1. The van der Waals surface area contributed by atoms with Crippen LogP contribution in [0.4, 0.5) is 0 Å². The zero-order valence-corrected chi connectivity index (χ0v) is 15.9. The van der Waals surface area contributed by atoms with Crippen molar-refractivity contribution in [2.24, 2.45) is 0 Å². The Bertz CT molecular complexity index is 410. The van der Waals surface area contributed by atoms with Gasteiger partial charge in [0.2, 0.25) is 0 Å². The molecule has 0 amide bonds. The van der Waals surface area contributed by atoms with Gasteiger partial charge in [-0.15, -0.1) is 0 Å². The van der Waals surface area contributed by atoms with Crippen molar-refractivity contribution >= 4 is 5.97 Å². The van der Waals surface area contributed by atoms with Crippen LogP contribution in [0.2, 0.25) is 0 Å². The quantitative estimate of drug-likeness (QED) is 0.232. The minimum atomic E-state index is -0.0717. The molecule has 0 aromatic rings. The third-order valence-corrected chi connectivity index (χ3v) is 3.78. The van der Waals surface area contributed by atoms with E-state index in [2.05, 4.69) is 46.8 Å². The van der Waals surface area contributed by atoms with E-state index in [-0.39, 0.29) is 5.97 Å². The van der Waals surface area contributed by atoms with Crippen molar-refractivity contribution in [2.45, 2.75) is 86.0 Å². The maximum Gasteiger partial charge on any atom is 0.306 e. The van der Waals surface area contributed by atoms with E-state index in [1.165, 1.54) is 16.7 Å². The smallest absolute Gasteiger partial charge is 0.306 e. The second-order valence-corrected chi connectivity index (χ2v) is 6.60. The summed E-state index contributed by atoms with van der Waals surface area (Å²) >= 11 is 0. The van der Waals surface area contributed by atoms with Crippen LogP contribution in [-0.2, 0) is 9.53 Å². The van der Waals surface area contributed by atoms with Crippen LogP contribution in [0.3, 0.4) is 0 Å². The van der Waals surface area contributed by atoms with Crippen LogP contribution in [0.5, 0.6) is 0 Å². The van der Waals surface area contributed by atoms with Crippen LogP contribution in [0.1, 0.15) is 86.0 Å². The molecule has 0 atom stereocenters. The van der Waals surface area contributed by atoms with E-state index in [1.54, 1.807) is 0 Å². The lowest BCUT2D eigenvalue weighted by atomic mass is 10.1. The molecule has 0 unspecified atom stereocenters. The molecule has 0 aliphatic rings. The minimum absolute atomic E-state index is 0.0717. The molecular formula is C21H36O2. The van der Waals surface area contributed by atoms with Gasteiger partial charge in [0.25, 0.3) is 0 Å². The van der Waals surface area contributed by atoms with Gasteiger partial charge in [-0.25, -0.2) is 0 Å². The third-order valence-electron chi connectivity index (χ3n) is 3.78. The van der Waals surface area contributed by atoms with Gasteiger partial charge in [-0.2, -0.15) is 0 Å². The van der Waals surface area contributed by atoms with E-state index in [9.17, 15) is 4.79 Å². The summed E-state index contributed by atoms with van der Waals surface area (Å²) < 4.78 is 5.22. The monoisotopic (exact) mass is 320 g/mol. The Labute approximate surface area is 143 Å². The maximum absolute atomic E-state index is 11.5. The topological polar surface area (TPSA) is 26.3 Å². The minimum Gasteiger partial charge on any atom is -0.461 e. The molecule has 0 heterocycles. The molecule has 0 radical (unpaired) electrons. The Morgan fingerprint density at radius 2 is 1.43 bits per heavy atom. The Morgan fingerprint density at radius 3 is 2.04 bits per heavy atom. The Hall–Kier alpha value is -1.31. The number of esters is 1. The van der Waals surface area contributed by atoms with Gasteiger partial charge in [-0.05, 0) is 65.9 Å². The molecule has 23 heavy (non-hydrogen) atoms. The first-order valence-electron chi connectivity index (χ1n) is 9.06. The van der Waals surface area contributed by atoms with Crippen LogP contribution in [-0.4, -0.2) is 12.6 Å².